The minimum atomic E-state index is -1.39. The Morgan fingerprint density at radius 2 is 1.78 bits per heavy atom. The van der Waals surface area contributed by atoms with Crippen LogP contribution in [0.15, 0.2) is 42.6 Å². The molecular formula is C21H22N6O5. The quantitative estimate of drug-likeness (QED) is 0.265. The molecule has 1 aromatic carbocycles. The highest BCUT2D eigenvalue weighted by molar-refractivity contribution is 5.97. The highest BCUT2D eigenvalue weighted by Gasteiger charge is 2.23. The van der Waals surface area contributed by atoms with Crippen LogP contribution in [0, 0.1) is 0 Å². The predicted molar refractivity (Wildman–Crippen MR) is 117 cm³/mol. The van der Waals surface area contributed by atoms with Crippen molar-refractivity contribution in [3.8, 4) is 0 Å². The summed E-state index contributed by atoms with van der Waals surface area (Å²) in [6, 6.07) is 5.27. The van der Waals surface area contributed by atoms with Crippen molar-refractivity contribution in [2.45, 2.75) is 25.3 Å². The van der Waals surface area contributed by atoms with Crippen molar-refractivity contribution in [3.63, 3.8) is 0 Å². The molecule has 0 bridgehead atoms. The molecule has 32 heavy (non-hydrogen) atoms. The van der Waals surface area contributed by atoms with E-state index in [0.717, 1.165) is 16.5 Å². The fourth-order valence-corrected chi connectivity index (χ4v) is 3.22. The number of nitrogen functional groups attached to an aromatic ring is 2. The standard InChI is InChI=1S/C21H22N6O5/c1-10(19(29)30)8-14(20(31)32)25-18(28)12-5-2-11(3-6-12)4-7-13-9-24-17-15(13)16(22)26-21(23)27-17/h2-3,5-6,9,14H,1,4,7-8H2,(H,25,28)(H,29,30)(H,31,32)(H5,22,23,24,26,27). The number of carbonyl (C=O) groups excluding carboxylic acids is 1. The molecule has 166 valence electrons. The highest BCUT2D eigenvalue weighted by Crippen LogP contribution is 2.24. The number of anilines is 2. The van der Waals surface area contributed by atoms with Crippen molar-refractivity contribution in [2.75, 3.05) is 11.5 Å². The van der Waals surface area contributed by atoms with Crippen molar-refractivity contribution in [1.29, 1.82) is 0 Å². The first-order valence-corrected chi connectivity index (χ1v) is 9.58. The van der Waals surface area contributed by atoms with Gasteiger partial charge in [0.05, 0.1) is 5.39 Å². The first-order valence-electron chi connectivity index (χ1n) is 9.58. The van der Waals surface area contributed by atoms with E-state index in [1.807, 2.05) is 0 Å². The number of rotatable bonds is 9. The molecule has 0 radical (unpaired) electrons. The Bertz CT molecular complexity index is 1200. The number of carboxylic acids is 2. The van der Waals surface area contributed by atoms with Gasteiger partial charge in [-0.05, 0) is 36.1 Å². The first kappa shape index (κ1) is 22.3. The van der Waals surface area contributed by atoms with Gasteiger partial charge < -0.3 is 32.0 Å². The normalized spacial score (nSPS) is 11.8. The van der Waals surface area contributed by atoms with E-state index in [1.54, 1.807) is 30.5 Å². The lowest BCUT2D eigenvalue weighted by molar-refractivity contribution is -0.139. The first-order chi connectivity index (χ1) is 15.2. The van der Waals surface area contributed by atoms with Crippen LogP contribution in [0.4, 0.5) is 11.8 Å². The molecule has 0 spiro atoms. The van der Waals surface area contributed by atoms with Crippen LogP contribution in [0.5, 0.6) is 0 Å². The topological polar surface area (TPSA) is 197 Å². The number of aryl methyl sites for hydroxylation is 2. The summed E-state index contributed by atoms with van der Waals surface area (Å²) in [7, 11) is 0. The third-order valence-corrected chi connectivity index (χ3v) is 4.91. The van der Waals surface area contributed by atoms with Crippen molar-refractivity contribution < 1.29 is 24.6 Å². The van der Waals surface area contributed by atoms with Crippen LogP contribution in [0.3, 0.4) is 0 Å². The minimum Gasteiger partial charge on any atom is -0.480 e. The van der Waals surface area contributed by atoms with Gasteiger partial charge in [0.1, 0.15) is 17.5 Å². The van der Waals surface area contributed by atoms with Gasteiger partial charge in [-0.15, -0.1) is 0 Å². The van der Waals surface area contributed by atoms with Gasteiger partial charge in [0, 0.05) is 23.8 Å². The molecule has 0 aliphatic carbocycles. The van der Waals surface area contributed by atoms with Gasteiger partial charge in [0.15, 0.2) is 0 Å². The second-order valence-corrected chi connectivity index (χ2v) is 7.18. The number of benzene rings is 1. The average molecular weight is 438 g/mol. The molecular weight excluding hydrogens is 416 g/mol. The Labute approximate surface area is 182 Å². The Balaban J connectivity index is 1.64. The average Bonchev–Trinajstić information content (AvgIpc) is 3.14. The summed E-state index contributed by atoms with van der Waals surface area (Å²) in [4.78, 5) is 45.7. The molecule has 3 rings (SSSR count). The number of aromatic amines is 1. The van der Waals surface area contributed by atoms with Gasteiger partial charge >= 0.3 is 11.9 Å². The maximum Gasteiger partial charge on any atom is 0.331 e. The monoisotopic (exact) mass is 438 g/mol. The molecule has 1 unspecified atom stereocenters. The van der Waals surface area contributed by atoms with Crippen LogP contribution in [-0.2, 0) is 22.4 Å². The summed E-state index contributed by atoms with van der Waals surface area (Å²) in [5, 5.41) is 21.1. The molecule has 0 saturated heterocycles. The minimum absolute atomic E-state index is 0.0923. The smallest absolute Gasteiger partial charge is 0.331 e. The second kappa shape index (κ2) is 9.16. The zero-order valence-corrected chi connectivity index (χ0v) is 17.0. The molecule has 8 N–H and O–H groups in total. The van der Waals surface area contributed by atoms with Gasteiger partial charge in [-0.3, -0.25) is 4.79 Å². The second-order valence-electron chi connectivity index (χ2n) is 7.18. The van der Waals surface area contributed by atoms with E-state index in [1.165, 1.54) is 0 Å². The zero-order chi connectivity index (χ0) is 23.4. The lowest BCUT2D eigenvalue weighted by atomic mass is 10.0. The number of nitrogens with zero attached hydrogens (tertiary/aromatic N) is 2. The Kier molecular flexibility index (Phi) is 6.38. The van der Waals surface area contributed by atoms with Crippen molar-refractivity contribution in [1.82, 2.24) is 20.3 Å². The van der Waals surface area contributed by atoms with Gasteiger partial charge in [0.2, 0.25) is 5.95 Å². The number of hydrogen-bond acceptors (Lipinski definition) is 7. The van der Waals surface area contributed by atoms with Gasteiger partial charge in [-0.25, -0.2) is 9.59 Å². The van der Waals surface area contributed by atoms with Crippen molar-refractivity contribution in [2.24, 2.45) is 0 Å². The summed E-state index contributed by atoms with van der Waals surface area (Å²) >= 11 is 0. The number of carbonyl (C=O) groups is 3. The van der Waals surface area contributed by atoms with Crippen LogP contribution >= 0.6 is 0 Å². The lowest BCUT2D eigenvalue weighted by Crippen LogP contribution is -2.41. The fourth-order valence-electron chi connectivity index (χ4n) is 3.22. The van der Waals surface area contributed by atoms with Gasteiger partial charge in [-0.2, -0.15) is 9.97 Å². The third kappa shape index (κ3) is 5.01. The molecule has 0 aliphatic heterocycles. The molecule has 0 saturated carbocycles. The number of amides is 1. The van der Waals surface area contributed by atoms with Gasteiger partial charge in [0.25, 0.3) is 5.91 Å². The maximum absolute atomic E-state index is 12.4. The van der Waals surface area contributed by atoms with Crippen LogP contribution < -0.4 is 16.8 Å². The van der Waals surface area contributed by atoms with E-state index in [9.17, 15) is 19.5 Å². The molecule has 2 heterocycles. The number of H-pyrrole nitrogens is 1. The van der Waals surface area contributed by atoms with E-state index >= 15 is 0 Å². The van der Waals surface area contributed by atoms with Crippen molar-refractivity contribution in [3.05, 3.63) is 59.3 Å². The highest BCUT2D eigenvalue weighted by atomic mass is 16.4. The molecule has 1 atom stereocenters. The largest absolute Gasteiger partial charge is 0.480 e. The Morgan fingerprint density at radius 1 is 1.09 bits per heavy atom. The molecule has 11 nitrogen and oxygen atoms in total. The lowest BCUT2D eigenvalue weighted by Gasteiger charge is -2.14. The fraction of sp³-hybridized carbons (Fsp3) is 0.190. The zero-order valence-electron chi connectivity index (χ0n) is 17.0. The number of nitrogens with two attached hydrogens (primary N) is 2. The maximum atomic E-state index is 12.4. The summed E-state index contributed by atoms with van der Waals surface area (Å²) in [6.45, 7) is 3.30. The summed E-state index contributed by atoms with van der Waals surface area (Å²) in [5.41, 5.74) is 13.9. The van der Waals surface area contributed by atoms with Crippen LogP contribution in [0.25, 0.3) is 11.0 Å². The molecule has 3 aromatic rings. The van der Waals surface area contributed by atoms with E-state index in [-0.39, 0.29) is 17.1 Å². The number of aliphatic carboxylic acids is 2. The van der Waals surface area contributed by atoms with Gasteiger partial charge in [-0.1, -0.05) is 18.7 Å². The molecule has 1 amide bonds. The van der Waals surface area contributed by atoms with Crippen LogP contribution in [0.1, 0.15) is 27.9 Å². The number of hydrogen-bond donors (Lipinski definition) is 6. The third-order valence-electron chi connectivity index (χ3n) is 4.91. The van der Waals surface area contributed by atoms with Crippen LogP contribution in [-0.4, -0.2) is 49.1 Å². The SMILES string of the molecule is C=C(CC(NC(=O)c1ccc(CCc2c[nH]c3nc(N)nc(N)c23)cc1)C(=O)O)C(=O)O. The number of nitrogens with one attached hydrogen (secondary N) is 2. The summed E-state index contributed by atoms with van der Waals surface area (Å²) in [5.74, 6) is -2.90. The number of aromatic nitrogens is 3. The molecule has 0 fully saturated rings. The predicted octanol–water partition coefficient (Wildman–Crippen LogP) is 1.12. The summed E-state index contributed by atoms with van der Waals surface area (Å²) < 4.78 is 0. The molecule has 11 heteroatoms. The summed E-state index contributed by atoms with van der Waals surface area (Å²) in [6.07, 6.45) is 2.68. The van der Waals surface area contributed by atoms with E-state index in [0.29, 0.717) is 24.3 Å². The van der Waals surface area contributed by atoms with Crippen molar-refractivity contribution >= 4 is 40.6 Å². The van der Waals surface area contributed by atoms with E-state index in [2.05, 4.69) is 26.8 Å². The van der Waals surface area contributed by atoms with E-state index < -0.39 is 30.3 Å². The Morgan fingerprint density at radius 3 is 2.41 bits per heavy atom. The molecule has 2 aromatic heterocycles. The molecule has 0 aliphatic rings. The number of fused-ring (bicyclic) bond motifs is 1. The Hall–Kier alpha value is -4.41. The number of carboxylic acid groups (broad SMARTS) is 2. The van der Waals surface area contributed by atoms with E-state index in [4.69, 9.17) is 16.6 Å². The van der Waals surface area contributed by atoms with Crippen LogP contribution in [0.2, 0.25) is 0 Å².